The van der Waals surface area contributed by atoms with E-state index in [2.05, 4.69) is 23.7 Å². The van der Waals surface area contributed by atoms with Crippen molar-refractivity contribution in [2.45, 2.75) is 45.3 Å². The van der Waals surface area contributed by atoms with E-state index in [-0.39, 0.29) is 24.5 Å². The van der Waals surface area contributed by atoms with Crippen LogP contribution in [0.1, 0.15) is 43.0 Å². The Balaban J connectivity index is 0.000000213. The number of unbranched alkanes of at least 4 members (excludes halogenated alkanes) is 2. The summed E-state index contributed by atoms with van der Waals surface area (Å²) >= 11 is 0. The van der Waals surface area contributed by atoms with E-state index in [1.165, 1.54) is 25.0 Å². The first-order valence-corrected chi connectivity index (χ1v) is 14.9. The van der Waals surface area contributed by atoms with E-state index < -0.39 is 29.7 Å². The summed E-state index contributed by atoms with van der Waals surface area (Å²) in [4.78, 5) is 22.3. The summed E-state index contributed by atoms with van der Waals surface area (Å²) in [6.07, 6.45) is 5.17. The van der Waals surface area contributed by atoms with Gasteiger partial charge in [-0.25, -0.2) is 18.4 Å². The third kappa shape index (κ3) is 10.3. The Morgan fingerprint density at radius 1 is 0.957 bits per heavy atom. The van der Waals surface area contributed by atoms with Crippen LogP contribution in [0.4, 0.5) is 8.78 Å². The number of halogens is 2. The molecule has 0 spiro atoms. The number of rotatable bonds is 13. The van der Waals surface area contributed by atoms with Crippen LogP contribution in [0.5, 0.6) is 5.75 Å². The normalized spacial score (nSPS) is 12.9. The van der Waals surface area contributed by atoms with Gasteiger partial charge in [0.15, 0.2) is 17.7 Å². The van der Waals surface area contributed by atoms with Gasteiger partial charge in [-0.3, -0.25) is 0 Å². The first-order chi connectivity index (χ1) is 22.8. The van der Waals surface area contributed by atoms with E-state index >= 15 is 0 Å². The first-order valence-electron chi connectivity index (χ1n) is 14.9. The van der Waals surface area contributed by atoms with Gasteiger partial charge in [-0.1, -0.05) is 50.6 Å². The molecule has 0 amide bonds. The fraction of sp³-hybridized carbons (Fsp3) is 0.250. The minimum atomic E-state index is -1.16. The Labute approximate surface area is 271 Å². The maximum absolute atomic E-state index is 14.0. The lowest BCUT2D eigenvalue weighted by Crippen LogP contribution is -2.11. The highest BCUT2D eigenvalue weighted by Gasteiger charge is 2.32. The van der Waals surface area contributed by atoms with Crippen molar-refractivity contribution in [1.29, 1.82) is 5.26 Å². The van der Waals surface area contributed by atoms with Gasteiger partial charge in [-0.2, -0.15) is 15.5 Å². The van der Waals surface area contributed by atoms with E-state index in [0.29, 0.717) is 17.9 Å². The molecular formula is C36H33F2N3O6. The van der Waals surface area contributed by atoms with Gasteiger partial charge >= 0.3 is 11.9 Å². The van der Waals surface area contributed by atoms with Gasteiger partial charge < -0.3 is 18.9 Å². The molecule has 1 aromatic heterocycles. The number of benzene rings is 3. The Morgan fingerprint density at radius 3 is 2.30 bits per heavy atom. The van der Waals surface area contributed by atoms with E-state index in [9.17, 15) is 18.4 Å². The third-order valence-corrected chi connectivity index (χ3v) is 6.94. The lowest BCUT2D eigenvalue weighted by molar-refractivity contribution is -0.146. The minimum absolute atomic E-state index is 0.0661. The van der Waals surface area contributed by atoms with Crippen molar-refractivity contribution < 1.29 is 37.3 Å². The van der Waals surface area contributed by atoms with Crippen molar-refractivity contribution >= 4 is 11.9 Å². The Hall–Kier alpha value is -5.47. The molecule has 11 heteroatoms. The number of carbonyl (C=O) groups excluding carboxylic acids is 2. The number of aryl methyl sites for hydroxylation is 1. The van der Waals surface area contributed by atoms with E-state index in [0.717, 1.165) is 41.4 Å². The molecule has 5 rings (SSSR count). The van der Waals surface area contributed by atoms with Crippen molar-refractivity contribution in [3.05, 3.63) is 114 Å². The fourth-order valence-corrected chi connectivity index (χ4v) is 4.21. The highest BCUT2D eigenvalue weighted by molar-refractivity contribution is 5.81. The number of ether oxygens (including phenoxy) is 4. The number of nitrogens with zero attached hydrogens (tertiary/aromatic N) is 3. The summed E-state index contributed by atoms with van der Waals surface area (Å²) in [6.45, 7) is 5.84. The molecule has 0 radical (unpaired) electrons. The Kier molecular flexibility index (Phi) is 12.7. The molecule has 242 valence electrons. The van der Waals surface area contributed by atoms with Crippen LogP contribution in [0.2, 0.25) is 0 Å². The molecule has 47 heavy (non-hydrogen) atoms. The lowest BCUT2D eigenvalue weighted by Gasteiger charge is -2.07. The SMILES string of the molecule is C=CC(=O)OCOc1ccc(-c2ccc(CCCCC)nn2)cc1.N#Cc1ccc(-c2ccc(COC(=O)C3CO3)cc2)c(F)c1F. The fourth-order valence-electron chi connectivity index (χ4n) is 4.21. The number of hydrogen-bond acceptors (Lipinski definition) is 9. The number of aromatic nitrogens is 2. The quantitative estimate of drug-likeness (QED) is 0.0505. The molecule has 1 aliphatic heterocycles. The highest BCUT2D eigenvalue weighted by atomic mass is 19.2. The van der Waals surface area contributed by atoms with E-state index in [4.69, 9.17) is 24.2 Å². The molecule has 1 aliphatic rings. The zero-order chi connectivity index (χ0) is 33.6. The van der Waals surface area contributed by atoms with Crippen LogP contribution in [-0.4, -0.2) is 41.6 Å². The second kappa shape index (κ2) is 17.3. The molecule has 1 unspecified atom stereocenters. The molecule has 1 fully saturated rings. The maximum atomic E-state index is 14.0. The van der Waals surface area contributed by atoms with Crippen LogP contribution in [0.3, 0.4) is 0 Å². The van der Waals surface area contributed by atoms with Crippen molar-refractivity contribution in [2.75, 3.05) is 13.4 Å². The first kappa shape index (κ1) is 34.4. The second-order valence-corrected chi connectivity index (χ2v) is 10.3. The van der Waals surface area contributed by atoms with Crippen LogP contribution >= 0.6 is 0 Å². The Bertz CT molecular complexity index is 1700. The Morgan fingerprint density at radius 2 is 1.68 bits per heavy atom. The van der Waals surface area contributed by atoms with Crippen LogP contribution in [0, 0.1) is 23.0 Å². The molecular weight excluding hydrogens is 608 g/mol. The van der Waals surface area contributed by atoms with Crippen LogP contribution < -0.4 is 4.74 Å². The van der Waals surface area contributed by atoms with Crippen molar-refractivity contribution in [3.8, 4) is 34.2 Å². The lowest BCUT2D eigenvalue weighted by atomic mass is 10.0. The molecule has 1 atom stereocenters. The van der Waals surface area contributed by atoms with Crippen molar-refractivity contribution in [3.63, 3.8) is 0 Å². The summed E-state index contributed by atoms with van der Waals surface area (Å²) in [5, 5.41) is 17.2. The molecule has 0 saturated carbocycles. The maximum Gasteiger partial charge on any atom is 0.338 e. The largest absolute Gasteiger partial charge is 0.459 e. The molecule has 0 aliphatic carbocycles. The average molecular weight is 642 g/mol. The van der Waals surface area contributed by atoms with E-state index in [1.807, 2.05) is 24.3 Å². The topological polar surface area (TPSA) is 124 Å². The van der Waals surface area contributed by atoms with Gasteiger partial charge in [0.1, 0.15) is 18.4 Å². The number of esters is 2. The minimum Gasteiger partial charge on any atom is -0.459 e. The smallest absolute Gasteiger partial charge is 0.338 e. The summed E-state index contributed by atoms with van der Waals surface area (Å²) in [7, 11) is 0. The molecule has 0 bridgehead atoms. The van der Waals surface area contributed by atoms with Gasteiger partial charge in [-0.15, -0.1) is 0 Å². The molecule has 2 heterocycles. The van der Waals surface area contributed by atoms with Crippen LogP contribution in [0.15, 0.2) is 85.5 Å². The summed E-state index contributed by atoms with van der Waals surface area (Å²) in [6, 6.07) is 22.1. The predicted octanol–water partition coefficient (Wildman–Crippen LogP) is 6.89. The summed E-state index contributed by atoms with van der Waals surface area (Å²) in [5.41, 5.74) is 3.71. The van der Waals surface area contributed by atoms with Gasteiger partial charge in [0.2, 0.25) is 6.79 Å². The standard InChI is InChI=1S/C19H22N2O3.C17H11F2NO3/c1-3-5-6-7-16-10-13-18(21-20-16)15-8-11-17(12-9-15)23-14-24-19(22)4-2;18-15-12(7-20)5-6-13(16(15)19)11-3-1-10(2-4-11)8-23-17(21)14-9-22-14/h4,8-13H,2-3,5-7,14H2,1H3;1-6,14H,8-9H2. The van der Waals surface area contributed by atoms with Gasteiger partial charge in [0.25, 0.3) is 0 Å². The molecule has 3 aromatic carbocycles. The molecule has 9 nitrogen and oxygen atoms in total. The summed E-state index contributed by atoms with van der Waals surface area (Å²) in [5.74, 6) is -2.53. The number of hydrogen-bond donors (Lipinski definition) is 0. The monoisotopic (exact) mass is 641 g/mol. The number of carbonyl (C=O) groups is 2. The highest BCUT2D eigenvalue weighted by Crippen LogP contribution is 2.27. The number of nitriles is 1. The molecule has 1 saturated heterocycles. The van der Waals surface area contributed by atoms with Crippen LogP contribution in [-0.2, 0) is 36.8 Å². The molecule has 0 N–H and O–H groups in total. The van der Waals surface area contributed by atoms with Crippen molar-refractivity contribution in [1.82, 2.24) is 10.2 Å². The third-order valence-electron chi connectivity index (χ3n) is 6.94. The van der Waals surface area contributed by atoms with Gasteiger partial charge in [-0.05, 0) is 72.5 Å². The predicted molar refractivity (Wildman–Crippen MR) is 169 cm³/mol. The zero-order valence-electron chi connectivity index (χ0n) is 25.8. The number of epoxide rings is 1. The van der Waals surface area contributed by atoms with Gasteiger partial charge in [0.05, 0.1) is 23.6 Å². The van der Waals surface area contributed by atoms with Crippen molar-refractivity contribution in [2.24, 2.45) is 0 Å². The van der Waals surface area contributed by atoms with E-state index in [1.54, 1.807) is 42.5 Å². The molecule has 4 aromatic rings. The van der Waals surface area contributed by atoms with Gasteiger partial charge in [0, 0.05) is 17.2 Å². The second-order valence-electron chi connectivity index (χ2n) is 10.3. The van der Waals surface area contributed by atoms with Crippen LogP contribution in [0.25, 0.3) is 22.4 Å². The summed E-state index contributed by atoms with van der Waals surface area (Å²) < 4.78 is 47.5. The average Bonchev–Trinajstić information content (AvgIpc) is 3.96. The zero-order valence-corrected chi connectivity index (χ0v) is 25.8.